The number of esters is 1. The van der Waals surface area contributed by atoms with Crippen LogP contribution in [-0.2, 0) is 16.1 Å². The quantitative estimate of drug-likeness (QED) is 0.554. The predicted octanol–water partition coefficient (Wildman–Crippen LogP) is 4.75. The lowest BCUT2D eigenvalue weighted by molar-refractivity contribution is -0.119. The lowest BCUT2D eigenvalue weighted by atomic mass is 10.1. The monoisotopic (exact) mass is 424 g/mol. The van der Waals surface area contributed by atoms with Crippen molar-refractivity contribution < 1.29 is 19.1 Å². The Hall–Kier alpha value is -3.19. The second kappa shape index (κ2) is 9.54. The van der Waals surface area contributed by atoms with Crippen LogP contribution < -0.4 is 10.1 Å². The first-order chi connectivity index (χ1) is 14.3. The van der Waals surface area contributed by atoms with Gasteiger partial charge in [0, 0.05) is 11.1 Å². The lowest BCUT2D eigenvalue weighted by Gasteiger charge is -2.12. The molecule has 3 rings (SSSR count). The van der Waals surface area contributed by atoms with Crippen molar-refractivity contribution >= 4 is 28.9 Å². The van der Waals surface area contributed by atoms with E-state index < -0.39 is 11.9 Å². The van der Waals surface area contributed by atoms with Crippen molar-refractivity contribution in [2.45, 2.75) is 34.3 Å². The third kappa shape index (κ3) is 5.67. The van der Waals surface area contributed by atoms with Gasteiger partial charge in [0.1, 0.15) is 17.4 Å². The number of carbonyl (C=O) groups excluding carboxylic acids is 2. The van der Waals surface area contributed by atoms with Gasteiger partial charge < -0.3 is 14.8 Å². The minimum Gasteiger partial charge on any atom is -0.486 e. The normalized spacial score (nSPS) is 10.5. The highest BCUT2D eigenvalue weighted by molar-refractivity contribution is 7.09. The molecular formula is C23H24N2O4S. The summed E-state index contributed by atoms with van der Waals surface area (Å²) in [6.45, 7) is 7.74. The van der Waals surface area contributed by atoms with Crippen LogP contribution in [0.3, 0.4) is 0 Å². The molecule has 0 aliphatic rings. The zero-order chi connectivity index (χ0) is 21.7. The summed E-state index contributed by atoms with van der Waals surface area (Å²) in [5.74, 6) is -0.296. The first kappa shape index (κ1) is 21.5. The number of hydrogen-bond acceptors (Lipinski definition) is 6. The molecule has 0 bridgehead atoms. The van der Waals surface area contributed by atoms with E-state index in [1.165, 1.54) is 11.3 Å². The van der Waals surface area contributed by atoms with Gasteiger partial charge in [0.25, 0.3) is 5.91 Å². The standard InChI is InChI=1S/C23H24N2O4S/c1-14-5-7-18(8-6-14)28-12-21-24-19(13-30-21)23(27)29-11-20(26)25-22-16(3)9-15(2)10-17(22)4/h5-10,13H,11-12H2,1-4H3,(H,25,26). The fraction of sp³-hybridized carbons (Fsp3) is 0.261. The van der Waals surface area contributed by atoms with Crippen molar-refractivity contribution in [1.82, 2.24) is 4.98 Å². The van der Waals surface area contributed by atoms with Crippen molar-refractivity contribution in [1.29, 1.82) is 0 Å². The largest absolute Gasteiger partial charge is 0.486 e. The predicted molar refractivity (Wildman–Crippen MR) is 117 cm³/mol. The zero-order valence-electron chi connectivity index (χ0n) is 17.4. The minimum absolute atomic E-state index is 0.165. The van der Waals surface area contributed by atoms with Gasteiger partial charge >= 0.3 is 5.97 Å². The number of carbonyl (C=O) groups is 2. The fourth-order valence-electron chi connectivity index (χ4n) is 3.01. The molecule has 0 fully saturated rings. The number of anilines is 1. The summed E-state index contributed by atoms with van der Waals surface area (Å²) in [7, 11) is 0. The Labute approximate surface area is 179 Å². The molecule has 1 heterocycles. The fourth-order valence-corrected chi connectivity index (χ4v) is 3.68. The number of hydrogen-bond donors (Lipinski definition) is 1. The molecular weight excluding hydrogens is 400 g/mol. The first-order valence-electron chi connectivity index (χ1n) is 9.50. The third-order valence-electron chi connectivity index (χ3n) is 4.42. The Morgan fingerprint density at radius 3 is 2.33 bits per heavy atom. The van der Waals surface area contributed by atoms with E-state index in [-0.39, 0.29) is 18.9 Å². The number of benzene rings is 2. The van der Waals surface area contributed by atoms with Gasteiger partial charge in [-0.15, -0.1) is 11.3 Å². The number of ether oxygens (including phenoxy) is 2. The molecule has 1 N–H and O–H groups in total. The summed E-state index contributed by atoms with van der Waals surface area (Å²) in [5, 5.41) is 5.06. The topological polar surface area (TPSA) is 77.5 Å². The first-order valence-corrected chi connectivity index (χ1v) is 10.4. The number of aryl methyl sites for hydroxylation is 4. The Morgan fingerprint density at radius 1 is 1.00 bits per heavy atom. The van der Waals surface area contributed by atoms with Crippen molar-refractivity contribution in [2.75, 3.05) is 11.9 Å². The highest BCUT2D eigenvalue weighted by Crippen LogP contribution is 2.22. The van der Waals surface area contributed by atoms with Crippen LogP contribution in [0.15, 0.2) is 41.8 Å². The van der Waals surface area contributed by atoms with E-state index in [4.69, 9.17) is 9.47 Å². The van der Waals surface area contributed by atoms with Crippen LogP contribution in [0.1, 0.15) is 37.7 Å². The third-order valence-corrected chi connectivity index (χ3v) is 5.24. The second-order valence-corrected chi connectivity index (χ2v) is 8.07. The van der Waals surface area contributed by atoms with E-state index in [0.29, 0.717) is 5.01 Å². The molecule has 1 aromatic heterocycles. The van der Waals surface area contributed by atoms with Gasteiger partial charge in [-0.1, -0.05) is 35.4 Å². The molecule has 0 atom stereocenters. The van der Waals surface area contributed by atoms with Crippen molar-refractivity contribution in [3.8, 4) is 5.75 Å². The van der Waals surface area contributed by atoms with Crippen molar-refractivity contribution in [3.05, 3.63) is 74.7 Å². The van der Waals surface area contributed by atoms with Crippen LogP contribution in [0.5, 0.6) is 5.75 Å². The van der Waals surface area contributed by atoms with Crippen molar-refractivity contribution in [2.24, 2.45) is 0 Å². The number of aromatic nitrogens is 1. The molecule has 0 aliphatic heterocycles. The summed E-state index contributed by atoms with van der Waals surface area (Å²) in [5.41, 5.74) is 5.11. The Bertz CT molecular complexity index is 1030. The molecule has 30 heavy (non-hydrogen) atoms. The van der Waals surface area contributed by atoms with Gasteiger partial charge in [-0.2, -0.15) is 0 Å². The van der Waals surface area contributed by atoms with E-state index in [1.807, 2.05) is 64.1 Å². The molecule has 156 valence electrons. The summed E-state index contributed by atoms with van der Waals surface area (Å²) >= 11 is 1.30. The molecule has 3 aromatic rings. The summed E-state index contributed by atoms with van der Waals surface area (Å²) in [6.07, 6.45) is 0. The van der Waals surface area contributed by atoms with Crippen LogP contribution >= 0.6 is 11.3 Å². The maximum Gasteiger partial charge on any atom is 0.358 e. The number of nitrogens with zero attached hydrogens (tertiary/aromatic N) is 1. The van der Waals surface area contributed by atoms with Crippen LogP contribution in [-0.4, -0.2) is 23.5 Å². The minimum atomic E-state index is -0.639. The van der Waals surface area contributed by atoms with Gasteiger partial charge in [-0.25, -0.2) is 9.78 Å². The van der Waals surface area contributed by atoms with E-state index in [9.17, 15) is 9.59 Å². The maximum absolute atomic E-state index is 12.2. The van der Waals surface area contributed by atoms with E-state index in [2.05, 4.69) is 10.3 Å². The summed E-state index contributed by atoms with van der Waals surface area (Å²) < 4.78 is 10.8. The summed E-state index contributed by atoms with van der Waals surface area (Å²) in [6, 6.07) is 11.7. The molecule has 7 heteroatoms. The van der Waals surface area contributed by atoms with Crippen LogP contribution in [0.2, 0.25) is 0 Å². The Kier molecular flexibility index (Phi) is 6.84. The van der Waals surface area contributed by atoms with E-state index in [1.54, 1.807) is 5.38 Å². The van der Waals surface area contributed by atoms with E-state index in [0.717, 1.165) is 33.7 Å². The number of thiazole rings is 1. The Morgan fingerprint density at radius 2 is 1.67 bits per heavy atom. The highest BCUT2D eigenvalue weighted by Gasteiger charge is 2.15. The lowest BCUT2D eigenvalue weighted by Crippen LogP contribution is -2.22. The molecule has 1 amide bonds. The van der Waals surface area contributed by atoms with Gasteiger partial charge in [0.05, 0.1) is 0 Å². The van der Waals surface area contributed by atoms with Gasteiger partial charge in [0.15, 0.2) is 12.3 Å². The molecule has 2 aromatic carbocycles. The number of nitrogens with one attached hydrogen (secondary N) is 1. The molecule has 6 nitrogen and oxygen atoms in total. The highest BCUT2D eigenvalue weighted by atomic mass is 32.1. The molecule has 0 aliphatic carbocycles. The molecule has 0 unspecified atom stereocenters. The van der Waals surface area contributed by atoms with E-state index >= 15 is 0 Å². The van der Waals surface area contributed by atoms with Crippen LogP contribution in [0.25, 0.3) is 0 Å². The zero-order valence-corrected chi connectivity index (χ0v) is 18.3. The number of amides is 1. The molecule has 0 saturated heterocycles. The van der Waals surface area contributed by atoms with Gasteiger partial charge in [-0.3, -0.25) is 4.79 Å². The van der Waals surface area contributed by atoms with Crippen molar-refractivity contribution in [3.63, 3.8) is 0 Å². The molecule has 0 spiro atoms. The second-order valence-electron chi connectivity index (χ2n) is 7.13. The maximum atomic E-state index is 12.2. The summed E-state index contributed by atoms with van der Waals surface area (Å²) in [4.78, 5) is 28.6. The van der Waals surface area contributed by atoms with Gasteiger partial charge in [-0.05, 0) is 51.0 Å². The Balaban J connectivity index is 1.50. The van der Waals surface area contributed by atoms with Gasteiger partial charge in [0.2, 0.25) is 0 Å². The van der Waals surface area contributed by atoms with Crippen LogP contribution in [0, 0.1) is 27.7 Å². The molecule has 0 radical (unpaired) electrons. The number of rotatable bonds is 7. The average molecular weight is 425 g/mol. The SMILES string of the molecule is Cc1ccc(OCc2nc(C(=O)OCC(=O)Nc3c(C)cc(C)cc3C)cs2)cc1. The smallest absolute Gasteiger partial charge is 0.358 e. The van der Waals surface area contributed by atoms with Crippen LogP contribution in [0.4, 0.5) is 5.69 Å². The average Bonchev–Trinajstić information content (AvgIpc) is 3.17. The molecule has 0 saturated carbocycles.